The molecule has 1 aliphatic rings. The maximum atomic E-state index is 12.3. The predicted octanol–water partition coefficient (Wildman–Crippen LogP) is 3.59. The zero-order chi connectivity index (χ0) is 25.8. The first kappa shape index (κ1) is 27.3. The van der Waals surface area contributed by atoms with Crippen LogP contribution in [0.3, 0.4) is 0 Å². The summed E-state index contributed by atoms with van der Waals surface area (Å²) in [5.41, 5.74) is 0. The average Bonchev–Trinajstić information content (AvgIpc) is 2.82. The predicted molar refractivity (Wildman–Crippen MR) is 138 cm³/mol. The van der Waals surface area contributed by atoms with Crippen molar-refractivity contribution in [1.82, 2.24) is 0 Å². The molecule has 0 radical (unpaired) electrons. The van der Waals surface area contributed by atoms with Crippen LogP contribution in [0, 0.1) is 5.92 Å². The van der Waals surface area contributed by atoms with Gasteiger partial charge in [0.2, 0.25) is 0 Å². The minimum atomic E-state index is -2.95. The van der Waals surface area contributed by atoms with Gasteiger partial charge in [-0.05, 0) is 29.3 Å². The highest BCUT2D eigenvalue weighted by molar-refractivity contribution is 6.99. The van der Waals surface area contributed by atoms with Gasteiger partial charge in [0.05, 0.1) is 12.5 Å². The highest BCUT2D eigenvalue weighted by Crippen LogP contribution is 2.40. The van der Waals surface area contributed by atoms with Crippen LogP contribution in [-0.2, 0) is 23.5 Å². The second kappa shape index (κ2) is 11.2. The number of hydrogen-bond donors (Lipinski definition) is 1. The number of ether oxygens (including phenoxy) is 2. The fraction of sp³-hybridized carbons (Fsp3) is 0.500. The van der Waals surface area contributed by atoms with Gasteiger partial charge < -0.3 is 23.8 Å². The average molecular weight is 499 g/mol. The third kappa shape index (κ3) is 5.92. The van der Waals surface area contributed by atoms with Crippen LogP contribution in [0.15, 0.2) is 60.7 Å². The largest absolute Gasteiger partial charge is 0.459 e. The van der Waals surface area contributed by atoms with E-state index in [9.17, 15) is 14.7 Å². The molecule has 7 heteroatoms. The number of hydrogen-bond acceptors (Lipinski definition) is 6. The van der Waals surface area contributed by atoms with Gasteiger partial charge in [-0.3, -0.25) is 4.79 Å². The summed E-state index contributed by atoms with van der Waals surface area (Å²) in [7, 11) is -2.95. The van der Waals surface area contributed by atoms with Crippen LogP contribution in [0.4, 0.5) is 0 Å². The number of Topliss-reactive ketones (excluding diaryl/α,β-unsaturated/α-hetero) is 1. The lowest BCUT2D eigenvalue weighted by Crippen LogP contribution is -2.70. The summed E-state index contributed by atoms with van der Waals surface area (Å²) < 4.78 is 18.8. The van der Waals surface area contributed by atoms with Crippen LogP contribution in [0.5, 0.6) is 0 Å². The molecule has 1 aliphatic heterocycles. The molecule has 3 rings (SSSR count). The standard InChI is InChI=1S/C28H38O6Si/c1-19(29)17-18-24(30)33-26-20(2)25(31)27(32-21(26)3)34-35(28(4,5)6,22-13-9-7-10-14-22)23-15-11-8-12-16-23/h7-16,20-21,25-27,31H,17-18H2,1-6H3/t20-,21?,25?,26+,27+/m1/s1. The number of ketones is 1. The van der Waals surface area contributed by atoms with Gasteiger partial charge in [0.25, 0.3) is 8.32 Å². The van der Waals surface area contributed by atoms with Crippen molar-refractivity contribution in [2.24, 2.45) is 5.92 Å². The number of rotatable bonds is 8. The minimum Gasteiger partial charge on any atom is -0.459 e. The Kier molecular flexibility index (Phi) is 8.70. The molecule has 0 aromatic heterocycles. The van der Waals surface area contributed by atoms with Gasteiger partial charge in [-0.2, -0.15) is 0 Å². The number of carbonyl (C=O) groups excluding carboxylic acids is 2. The van der Waals surface area contributed by atoms with Gasteiger partial charge >= 0.3 is 5.97 Å². The van der Waals surface area contributed by atoms with Crippen molar-refractivity contribution in [2.45, 2.75) is 84.0 Å². The summed E-state index contributed by atoms with van der Waals surface area (Å²) in [6.07, 6.45) is -2.86. The van der Waals surface area contributed by atoms with Crippen LogP contribution in [0.25, 0.3) is 0 Å². The number of carbonyl (C=O) groups is 2. The van der Waals surface area contributed by atoms with Gasteiger partial charge in [-0.25, -0.2) is 0 Å². The summed E-state index contributed by atoms with van der Waals surface area (Å²) >= 11 is 0. The normalized spacial score (nSPS) is 25.2. The maximum Gasteiger partial charge on any atom is 0.306 e. The zero-order valence-corrected chi connectivity index (χ0v) is 22.6. The number of aliphatic hydroxyl groups is 1. The van der Waals surface area contributed by atoms with E-state index in [-0.39, 0.29) is 23.7 Å². The first-order valence-electron chi connectivity index (χ1n) is 12.3. The minimum absolute atomic E-state index is 0.0172. The van der Waals surface area contributed by atoms with Crippen molar-refractivity contribution < 1.29 is 28.6 Å². The molecule has 5 atom stereocenters. The molecule has 0 saturated carbocycles. The number of benzene rings is 2. The summed E-state index contributed by atoms with van der Waals surface area (Å²) in [5.74, 6) is -0.948. The van der Waals surface area contributed by atoms with Gasteiger partial charge in [0.15, 0.2) is 6.29 Å². The molecule has 35 heavy (non-hydrogen) atoms. The Morgan fingerprint density at radius 2 is 1.46 bits per heavy atom. The number of aliphatic hydroxyl groups excluding tert-OH is 1. The second-order valence-corrected chi connectivity index (χ2v) is 14.7. The molecule has 2 aromatic rings. The third-order valence-corrected chi connectivity index (χ3v) is 11.8. The second-order valence-electron chi connectivity index (χ2n) is 10.5. The van der Waals surface area contributed by atoms with Gasteiger partial charge in [0, 0.05) is 12.3 Å². The third-order valence-electron chi connectivity index (χ3n) is 6.81. The summed E-state index contributed by atoms with van der Waals surface area (Å²) in [6.45, 7) is 11.6. The van der Waals surface area contributed by atoms with E-state index in [1.807, 2.05) is 50.2 Å². The molecule has 0 spiro atoms. The SMILES string of the molecule is CC(=O)CCC(=O)O[C@@H]1C(C)O[C@@H](O[Si](c2ccccc2)(c2ccccc2)C(C)(C)C)C(O)[C@H]1C. The molecule has 6 nitrogen and oxygen atoms in total. The summed E-state index contributed by atoms with van der Waals surface area (Å²) in [4.78, 5) is 23.5. The lowest BCUT2D eigenvalue weighted by Gasteiger charge is -2.49. The molecule has 0 bridgehead atoms. The first-order chi connectivity index (χ1) is 16.5. The fourth-order valence-electron chi connectivity index (χ4n) is 4.89. The van der Waals surface area contributed by atoms with Crippen LogP contribution in [-0.4, -0.2) is 49.8 Å². The molecule has 1 N–H and O–H groups in total. The van der Waals surface area contributed by atoms with Crippen LogP contribution >= 0.6 is 0 Å². The molecule has 1 fully saturated rings. The Hall–Kier alpha value is -2.32. The molecule has 0 aliphatic carbocycles. The molecule has 2 unspecified atom stereocenters. The number of esters is 1. The monoisotopic (exact) mass is 498 g/mol. The Bertz CT molecular complexity index is 948. The van der Waals surface area contributed by atoms with Crippen molar-refractivity contribution in [1.29, 1.82) is 0 Å². The molecule has 190 valence electrons. The quantitative estimate of drug-likeness (QED) is 0.443. The van der Waals surface area contributed by atoms with E-state index in [4.69, 9.17) is 13.9 Å². The Labute approximate surface area is 209 Å². The lowest BCUT2D eigenvalue weighted by atomic mass is 9.91. The highest BCUT2D eigenvalue weighted by atomic mass is 28.4. The van der Waals surface area contributed by atoms with Crippen LogP contribution in [0.1, 0.15) is 54.4 Å². The molecule has 1 saturated heterocycles. The van der Waals surface area contributed by atoms with Crippen molar-refractivity contribution in [3.05, 3.63) is 60.7 Å². The first-order valence-corrected chi connectivity index (χ1v) is 14.2. The lowest BCUT2D eigenvalue weighted by molar-refractivity contribution is -0.259. The van der Waals surface area contributed by atoms with E-state index in [2.05, 4.69) is 45.0 Å². The van der Waals surface area contributed by atoms with Crippen molar-refractivity contribution in [3.63, 3.8) is 0 Å². The van der Waals surface area contributed by atoms with Gasteiger partial charge in [-0.15, -0.1) is 0 Å². The highest BCUT2D eigenvalue weighted by Gasteiger charge is 2.55. The molecular formula is C28H38O6Si. The molecule has 1 heterocycles. The van der Waals surface area contributed by atoms with E-state index in [1.54, 1.807) is 0 Å². The van der Waals surface area contributed by atoms with E-state index in [0.717, 1.165) is 10.4 Å². The molecule has 0 amide bonds. The summed E-state index contributed by atoms with van der Waals surface area (Å²) in [6, 6.07) is 20.4. The van der Waals surface area contributed by atoms with E-state index >= 15 is 0 Å². The molecule has 2 aromatic carbocycles. The van der Waals surface area contributed by atoms with Crippen molar-refractivity contribution in [3.8, 4) is 0 Å². The maximum absolute atomic E-state index is 12.3. The van der Waals surface area contributed by atoms with Crippen molar-refractivity contribution >= 4 is 30.4 Å². The van der Waals surface area contributed by atoms with E-state index < -0.39 is 44.8 Å². The topological polar surface area (TPSA) is 82.1 Å². The fourth-order valence-corrected chi connectivity index (χ4v) is 9.45. The van der Waals surface area contributed by atoms with Crippen LogP contribution in [0.2, 0.25) is 5.04 Å². The Morgan fingerprint density at radius 1 is 0.943 bits per heavy atom. The Balaban J connectivity index is 1.93. The summed E-state index contributed by atoms with van der Waals surface area (Å²) in [5, 5.41) is 13.2. The smallest absolute Gasteiger partial charge is 0.306 e. The van der Waals surface area contributed by atoms with Crippen molar-refractivity contribution in [2.75, 3.05) is 0 Å². The van der Waals surface area contributed by atoms with Gasteiger partial charge in [-0.1, -0.05) is 88.4 Å². The van der Waals surface area contributed by atoms with E-state index in [0.29, 0.717) is 0 Å². The van der Waals surface area contributed by atoms with E-state index in [1.165, 1.54) is 6.92 Å². The van der Waals surface area contributed by atoms with Gasteiger partial charge in [0.1, 0.15) is 18.0 Å². The van der Waals surface area contributed by atoms with Crippen LogP contribution < -0.4 is 10.4 Å². The molecular weight excluding hydrogens is 460 g/mol. The zero-order valence-electron chi connectivity index (χ0n) is 21.6. The Morgan fingerprint density at radius 3 is 1.91 bits per heavy atom.